The van der Waals surface area contributed by atoms with Gasteiger partial charge in [-0.3, -0.25) is 14.7 Å². The zero-order chi connectivity index (χ0) is 17.8. The molecule has 9 nitrogen and oxygen atoms in total. The Bertz CT molecular complexity index is 842. The molecule has 0 atom stereocenters. The third-order valence-electron chi connectivity index (χ3n) is 4.29. The fraction of sp³-hybridized carbons (Fsp3) is 0.294. The van der Waals surface area contributed by atoms with E-state index in [1.54, 1.807) is 18.3 Å². The summed E-state index contributed by atoms with van der Waals surface area (Å²) >= 11 is 0. The van der Waals surface area contributed by atoms with Gasteiger partial charge >= 0.3 is 0 Å². The van der Waals surface area contributed by atoms with Crippen LogP contribution in [-0.2, 0) is 6.54 Å². The first-order chi connectivity index (χ1) is 12.8. The average molecular weight is 350 g/mol. The van der Waals surface area contributed by atoms with Crippen LogP contribution in [0.15, 0.2) is 49.2 Å². The number of hydrogen-bond donors (Lipinski definition) is 0. The number of amides is 1. The lowest BCUT2D eigenvalue weighted by molar-refractivity contribution is 0.0620. The molecule has 1 aliphatic rings. The van der Waals surface area contributed by atoms with Gasteiger partial charge in [0.1, 0.15) is 12.7 Å². The Morgan fingerprint density at radius 1 is 1.04 bits per heavy atom. The molecule has 3 aromatic rings. The molecule has 4 heterocycles. The summed E-state index contributed by atoms with van der Waals surface area (Å²) < 4.78 is 1.50. The van der Waals surface area contributed by atoms with Gasteiger partial charge in [0.05, 0.1) is 5.69 Å². The van der Waals surface area contributed by atoms with Gasteiger partial charge in [-0.15, -0.1) is 10.2 Å². The van der Waals surface area contributed by atoms with Crippen LogP contribution in [0, 0.1) is 0 Å². The lowest BCUT2D eigenvalue weighted by atomic mass is 10.2. The molecule has 0 unspecified atom stereocenters. The van der Waals surface area contributed by atoms with Gasteiger partial charge in [0.2, 0.25) is 0 Å². The van der Waals surface area contributed by atoms with Gasteiger partial charge in [-0.2, -0.15) is 5.10 Å². The summed E-state index contributed by atoms with van der Waals surface area (Å²) in [5, 5.41) is 12.1. The summed E-state index contributed by atoms with van der Waals surface area (Å²) in [4.78, 5) is 24.9. The van der Waals surface area contributed by atoms with E-state index >= 15 is 0 Å². The number of hydrogen-bond acceptors (Lipinski definition) is 7. The predicted molar refractivity (Wildman–Crippen MR) is 92.4 cm³/mol. The summed E-state index contributed by atoms with van der Waals surface area (Å²) in [5.41, 5.74) is 1.38. The van der Waals surface area contributed by atoms with Gasteiger partial charge < -0.3 is 4.90 Å². The molecule has 26 heavy (non-hydrogen) atoms. The second-order valence-corrected chi connectivity index (χ2v) is 6.01. The number of rotatable bonds is 4. The van der Waals surface area contributed by atoms with Crippen molar-refractivity contribution < 1.29 is 4.79 Å². The molecule has 4 rings (SSSR count). The van der Waals surface area contributed by atoms with Crippen molar-refractivity contribution in [2.24, 2.45) is 0 Å². The van der Waals surface area contributed by atoms with E-state index < -0.39 is 0 Å². The Hall–Kier alpha value is -3.20. The fourth-order valence-corrected chi connectivity index (χ4v) is 2.88. The standard InChI is InChI=1S/C17H18N8O/c26-17(15-4-5-16(22-21-15)25-13-18-12-20-25)24-9-7-23(8-10-24)11-14-3-1-2-6-19-14/h1-6,12-13H,7-11H2. The van der Waals surface area contributed by atoms with E-state index in [9.17, 15) is 4.79 Å². The maximum Gasteiger partial charge on any atom is 0.274 e. The van der Waals surface area contributed by atoms with Crippen molar-refractivity contribution in [2.45, 2.75) is 6.54 Å². The molecule has 132 valence electrons. The first-order valence-corrected chi connectivity index (χ1v) is 8.40. The summed E-state index contributed by atoms with van der Waals surface area (Å²) in [6.07, 6.45) is 4.76. The average Bonchev–Trinajstić information content (AvgIpc) is 3.24. The molecule has 1 aliphatic heterocycles. The van der Waals surface area contributed by atoms with E-state index in [1.165, 1.54) is 17.3 Å². The molecule has 1 amide bonds. The molecular formula is C17H18N8O. The minimum atomic E-state index is -0.0971. The quantitative estimate of drug-likeness (QED) is 0.673. The second-order valence-electron chi connectivity index (χ2n) is 6.01. The van der Waals surface area contributed by atoms with Crippen LogP contribution in [0.2, 0.25) is 0 Å². The van der Waals surface area contributed by atoms with Gasteiger partial charge in [0.15, 0.2) is 11.5 Å². The minimum absolute atomic E-state index is 0.0971. The van der Waals surface area contributed by atoms with Crippen LogP contribution in [0.3, 0.4) is 0 Å². The SMILES string of the molecule is O=C(c1ccc(-n2cncn2)nn1)N1CCN(Cc2ccccn2)CC1. The smallest absolute Gasteiger partial charge is 0.274 e. The van der Waals surface area contributed by atoms with Crippen LogP contribution in [0.1, 0.15) is 16.2 Å². The highest BCUT2D eigenvalue weighted by Crippen LogP contribution is 2.10. The molecule has 0 saturated carbocycles. The summed E-state index contributed by atoms with van der Waals surface area (Å²) in [6, 6.07) is 9.31. The molecule has 0 radical (unpaired) electrons. The van der Waals surface area contributed by atoms with E-state index in [-0.39, 0.29) is 5.91 Å². The largest absolute Gasteiger partial charge is 0.335 e. The molecule has 1 fully saturated rings. The second kappa shape index (κ2) is 7.36. The van der Waals surface area contributed by atoms with Crippen LogP contribution in [0.4, 0.5) is 0 Å². The maximum atomic E-state index is 12.6. The summed E-state index contributed by atoms with van der Waals surface area (Å²) in [5.74, 6) is 0.430. The van der Waals surface area contributed by atoms with E-state index in [4.69, 9.17) is 0 Å². The third kappa shape index (κ3) is 3.57. The van der Waals surface area contributed by atoms with Gasteiger partial charge in [-0.1, -0.05) is 6.07 Å². The van der Waals surface area contributed by atoms with Crippen LogP contribution in [0.25, 0.3) is 5.82 Å². The fourth-order valence-electron chi connectivity index (χ4n) is 2.88. The third-order valence-corrected chi connectivity index (χ3v) is 4.29. The molecule has 0 aromatic carbocycles. The number of aromatic nitrogens is 6. The van der Waals surface area contributed by atoms with Crippen molar-refractivity contribution in [3.8, 4) is 5.82 Å². The van der Waals surface area contributed by atoms with Crippen molar-refractivity contribution in [1.82, 2.24) is 39.7 Å². The highest BCUT2D eigenvalue weighted by Gasteiger charge is 2.23. The highest BCUT2D eigenvalue weighted by atomic mass is 16.2. The van der Waals surface area contributed by atoms with Crippen LogP contribution in [0.5, 0.6) is 0 Å². The number of piperazine rings is 1. The molecule has 1 saturated heterocycles. The molecule has 0 spiro atoms. The zero-order valence-corrected chi connectivity index (χ0v) is 14.1. The number of pyridine rings is 1. The van der Waals surface area contributed by atoms with E-state index in [0.717, 1.165) is 25.3 Å². The first-order valence-electron chi connectivity index (χ1n) is 8.40. The van der Waals surface area contributed by atoms with Crippen molar-refractivity contribution in [1.29, 1.82) is 0 Å². The van der Waals surface area contributed by atoms with Gasteiger partial charge in [0, 0.05) is 38.9 Å². The molecule has 9 heteroatoms. The number of nitrogens with zero attached hydrogens (tertiary/aromatic N) is 8. The monoisotopic (exact) mass is 350 g/mol. The number of carbonyl (C=O) groups is 1. The normalized spacial score (nSPS) is 15.2. The predicted octanol–water partition coefficient (Wildman–Crippen LogP) is 0.410. The van der Waals surface area contributed by atoms with Gasteiger partial charge in [0.25, 0.3) is 5.91 Å². The molecule has 0 N–H and O–H groups in total. The summed E-state index contributed by atoms with van der Waals surface area (Å²) in [7, 11) is 0. The van der Waals surface area contributed by atoms with E-state index in [1.807, 2.05) is 23.1 Å². The van der Waals surface area contributed by atoms with E-state index in [0.29, 0.717) is 24.6 Å². The van der Waals surface area contributed by atoms with Crippen LogP contribution in [-0.4, -0.2) is 71.8 Å². The van der Waals surface area contributed by atoms with Crippen LogP contribution < -0.4 is 0 Å². The molecular weight excluding hydrogens is 332 g/mol. The Kier molecular flexibility index (Phi) is 4.61. The Balaban J connectivity index is 1.34. The first kappa shape index (κ1) is 16.3. The van der Waals surface area contributed by atoms with E-state index in [2.05, 4.69) is 30.2 Å². The lowest BCUT2D eigenvalue weighted by Crippen LogP contribution is -2.48. The number of carbonyl (C=O) groups excluding carboxylic acids is 1. The van der Waals surface area contributed by atoms with Crippen molar-refractivity contribution in [3.63, 3.8) is 0 Å². The van der Waals surface area contributed by atoms with Crippen LogP contribution >= 0.6 is 0 Å². The Morgan fingerprint density at radius 2 is 1.92 bits per heavy atom. The summed E-state index contributed by atoms with van der Waals surface area (Å²) in [6.45, 7) is 3.76. The minimum Gasteiger partial charge on any atom is -0.335 e. The topological polar surface area (TPSA) is 92.9 Å². The van der Waals surface area contributed by atoms with Crippen molar-refractivity contribution >= 4 is 5.91 Å². The van der Waals surface area contributed by atoms with Crippen molar-refractivity contribution in [3.05, 3.63) is 60.6 Å². The zero-order valence-electron chi connectivity index (χ0n) is 14.1. The molecule has 3 aromatic heterocycles. The van der Waals surface area contributed by atoms with Gasteiger partial charge in [-0.05, 0) is 24.3 Å². The molecule has 0 bridgehead atoms. The molecule has 0 aliphatic carbocycles. The maximum absolute atomic E-state index is 12.6. The van der Waals surface area contributed by atoms with Crippen molar-refractivity contribution in [2.75, 3.05) is 26.2 Å². The Morgan fingerprint density at radius 3 is 2.58 bits per heavy atom. The lowest BCUT2D eigenvalue weighted by Gasteiger charge is -2.34. The Labute approximate surface area is 150 Å². The highest BCUT2D eigenvalue weighted by molar-refractivity contribution is 5.92. The van der Waals surface area contributed by atoms with Gasteiger partial charge in [-0.25, -0.2) is 9.67 Å².